The lowest BCUT2D eigenvalue weighted by atomic mass is 9.99. The Hall–Kier alpha value is -0.880. The first-order valence-corrected chi connectivity index (χ1v) is 5.54. The van der Waals surface area contributed by atoms with Crippen molar-refractivity contribution >= 4 is 15.9 Å². The molecule has 0 aromatic carbocycles. The van der Waals surface area contributed by atoms with E-state index >= 15 is 0 Å². The van der Waals surface area contributed by atoms with Crippen molar-refractivity contribution in [1.82, 2.24) is 9.97 Å². The van der Waals surface area contributed by atoms with Crippen LogP contribution < -0.4 is 5.56 Å². The van der Waals surface area contributed by atoms with Gasteiger partial charge in [-0.3, -0.25) is 4.79 Å². The number of H-pyrrole nitrogens is 1. The monoisotopic (exact) mass is 274 g/mol. The Morgan fingerprint density at radius 3 is 2.73 bits per heavy atom. The molecule has 1 aromatic heterocycles. The van der Waals surface area contributed by atoms with Crippen molar-refractivity contribution in [1.29, 1.82) is 0 Å². The van der Waals surface area contributed by atoms with Crippen molar-refractivity contribution in [3.8, 4) is 5.88 Å². The van der Waals surface area contributed by atoms with E-state index in [4.69, 9.17) is 4.74 Å². The first-order chi connectivity index (χ1) is 7.18. The third-order valence-electron chi connectivity index (χ3n) is 2.47. The second-order valence-electron chi connectivity index (χ2n) is 3.48. The molecular formula is C9H11BrN2O3. The summed E-state index contributed by atoms with van der Waals surface area (Å²) in [5, 5.41) is 9.40. The highest BCUT2D eigenvalue weighted by atomic mass is 79.9. The van der Waals surface area contributed by atoms with Gasteiger partial charge < -0.3 is 14.8 Å². The Kier molecular flexibility index (Phi) is 3.06. The highest BCUT2D eigenvalue weighted by Gasteiger charge is 2.20. The molecule has 0 bridgehead atoms. The molecule has 5 nitrogen and oxygen atoms in total. The van der Waals surface area contributed by atoms with Crippen LogP contribution in [0.15, 0.2) is 9.27 Å². The van der Waals surface area contributed by atoms with Gasteiger partial charge in [0.25, 0.3) is 5.56 Å². The molecule has 2 rings (SSSR count). The Morgan fingerprint density at radius 2 is 2.13 bits per heavy atom. The maximum atomic E-state index is 11.4. The highest BCUT2D eigenvalue weighted by molar-refractivity contribution is 9.10. The predicted octanol–water partition coefficient (Wildman–Crippen LogP) is 1.13. The van der Waals surface area contributed by atoms with Crippen molar-refractivity contribution < 1.29 is 9.84 Å². The number of rotatable bonds is 1. The molecule has 6 heteroatoms. The average Bonchev–Trinajstić information content (AvgIpc) is 2.26. The summed E-state index contributed by atoms with van der Waals surface area (Å²) in [4.78, 5) is 18.0. The Bertz CT molecular complexity index is 412. The molecule has 1 aliphatic heterocycles. The summed E-state index contributed by atoms with van der Waals surface area (Å²) in [5.74, 6) is 0.467. The third-order valence-corrected chi connectivity index (χ3v) is 3.19. The van der Waals surface area contributed by atoms with E-state index in [1.165, 1.54) is 0 Å². The number of aromatic amines is 1. The van der Waals surface area contributed by atoms with Crippen molar-refractivity contribution in [3.05, 3.63) is 20.7 Å². The van der Waals surface area contributed by atoms with E-state index in [1.54, 1.807) is 0 Å². The smallest absolute Gasteiger partial charge is 0.269 e. The lowest BCUT2D eigenvalue weighted by Gasteiger charge is -2.20. The van der Waals surface area contributed by atoms with Gasteiger partial charge in [0, 0.05) is 19.1 Å². The summed E-state index contributed by atoms with van der Waals surface area (Å²) in [6.07, 6.45) is 1.65. The number of hydrogen-bond donors (Lipinski definition) is 2. The molecule has 0 spiro atoms. The lowest BCUT2D eigenvalue weighted by Crippen LogP contribution is -2.20. The van der Waals surface area contributed by atoms with Crippen LogP contribution in [0.3, 0.4) is 0 Å². The second-order valence-corrected chi connectivity index (χ2v) is 4.27. The van der Waals surface area contributed by atoms with Gasteiger partial charge in [-0.25, -0.2) is 0 Å². The molecule has 0 atom stereocenters. The van der Waals surface area contributed by atoms with Gasteiger partial charge in [0.15, 0.2) is 0 Å². The molecule has 1 saturated heterocycles. The molecule has 15 heavy (non-hydrogen) atoms. The maximum Gasteiger partial charge on any atom is 0.269 e. The molecule has 0 saturated carbocycles. The number of hydrogen-bond acceptors (Lipinski definition) is 4. The van der Waals surface area contributed by atoms with E-state index in [2.05, 4.69) is 25.9 Å². The van der Waals surface area contributed by atoms with Crippen molar-refractivity contribution in [2.24, 2.45) is 0 Å². The molecule has 0 unspecified atom stereocenters. The van der Waals surface area contributed by atoms with Crippen molar-refractivity contribution in [2.45, 2.75) is 18.8 Å². The topological polar surface area (TPSA) is 75.2 Å². The highest BCUT2D eigenvalue weighted by Crippen LogP contribution is 2.25. The summed E-state index contributed by atoms with van der Waals surface area (Å²) in [6.45, 7) is 1.34. The first-order valence-electron chi connectivity index (χ1n) is 4.75. The SMILES string of the molecule is O=c1[nH]c(C2CCOCC2)nc(O)c1Br. The van der Waals surface area contributed by atoms with Crippen LogP contribution >= 0.6 is 15.9 Å². The zero-order valence-electron chi connectivity index (χ0n) is 7.99. The summed E-state index contributed by atoms with van der Waals surface area (Å²) >= 11 is 2.96. The predicted molar refractivity (Wildman–Crippen MR) is 57.0 cm³/mol. The standard InChI is InChI=1S/C9H11BrN2O3/c10-6-8(13)11-7(12-9(6)14)5-1-3-15-4-2-5/h5H,1-4H2,(H2,11,12,13,14). The Morgan fingerprint density at radius 1 is 1.47 bits per heavy atom. The average molecular weight is 275 g/mol. The molecule has 1 fully saturated rings. The summed E-state index contributed by atoms with van der Waals surface area (Å²) in [6, 6.07) is 0. The van der Waals surface area contributed by atoms with Crippen LogP contribution in [0.5, 0.6) is 5.88 Å². The summed E-state index contributed by atoms with van der Waals surface area (Å²) in [7, 11) is 0. The molecule has 2 heterocycles. The molecule has 0 amide bonds. The molecule has 0 aliphatic carbocycles. The minimum absolute atomic E-state index is 0.0818. The number of aromatic nitrogens is 2. The fourth-order valence-corrected chi connectivity index (χ4v) is 1.82. The molecule has 2 N–H and O–H groups in total. The first kappa shape index (κ1) is 10.6. The number of nitrogens with zero attached hydrogens (tertiary/aromatic N) is 1. The van der Waals surface area contributed by atoms with E-state index in [0.29, 0.717) is 19.0 Å². The Labute approximate surface area is 94.6 Å². The van der Waals surface area contributed by atoms with Gasteiger partial charge in [0.1, 0.15) is 10.3 Å². The zero-order chi connectivity index (χ0) is 10.8. The second kappa shape index (κ2) is 4.32. The van der Waals surface area contributed by atoms with E-state index in [0.717, 1.165) is 12.8 Å². The quantitative estimate of drug-likeness (QED) is 0.805. The van der Waals surface area contributed by atoms with Crippen LogP contribution in [0.4, 0.5) is 0 Å². The van der Waals surface area contributed by atoms with Crippen LogP contribution in [-0.2, 0) is 4.74 Å². The summed E-state index contributed by atoms with van der Waals surface area (Å²) < 4.78 is 5.30. The minimum atomic E-state index is -0.344. The minimum Gasteiger partial charge on any atom is -0.492 e. The van der Waals surface area contributed by atoms with Gasteiger partial charge in [-0.05, 0) is 28.8 Å². The normalized spacial score (nSPS) is 17.9. The van der Waals surface area contributed by atoms with Gasteiger partial charge in [0.05, 0.1) is 0 Å². The van der Waals surface area contributed by atoms with Gasteiger partial charge in [-0.2, -0.15) is 4.98 Å². The van der Waals surface area contributed by atoms with Gasteiger partial charge in [-0.15, -0.1) is 0 Å². The van der Waals surface area contributed by atoms with E-state index in [9.17, 15) is 9.90 Å². The fraction of sp³-hybridized carbons (Fsp3) is 0.556. The van der Waals surface area contributed by atoms with E-state index in [1.807, 2.05) is 0 Å². The summed E-state index contributed by atoms with van der Waals surface area (Å²) in [5.41, 5.74) is -0.344. The largest absolute Gasteiger partial charge is 0.492 e. The van der Waals surface area contributed by atoms with E-state index in [-0.39, 0.29) is 21.8 Å². The van der Waals surface area contributed by atoms with Gasteiger partial charge in [0.2, 0.25) is 5.88 Å². The van der Waals surface area contributed by atoms with Crippen molar-refractivity contribution in [3.63, 3.8) is 0 Å². The van der Waals surface area contributed by atoms with Gasteiger partial charge in [-0.1, -0.05) is 0 Å². The Balaban J connectivity index is 2.32. The third kappa shape index (κ3) is 2.21. The molecule has 1 aliphatic rings. The molecule has 0 radical (unpaired) electrons. The lowest BCUT2D eigenvalue weighted by molar-refractivity contribution is 0.0833. The number of nitrogens with one attached hydrogen (secondary N) is 1. The molecule has 82 valence electrons. The number of halogens is 1. The fourth-order valence-electron chi connectivity index (χ4n) is 1.63. The molecular weight excluding hydrogens is 264 g/mol. The van der Waals surface area contributed by atoms with Gasteiger partial charge >= 0.3 is 0 Å². The number of ether oxygens (including phenoxy) is 1. The van der Waals surface area contributed by atoms with Crippen LogP contribution in [0.2, 0.25) is 0 Å². The van der Waals surface area contributed by atoms with Crippen molar-refractivity contribution in [2.75, 3.05) is 13.2 Å². The number of aromatic hydroxyl groups is 1. The maximum absolute atomic E-state index is 11.4. The zero-order valence-corrected chi connectivity index (χ0v) is 9.58. The van der Waals surface area contributed by atoms with E-state index < -0.39 is 0 Å². The van der Waals surface area contributed by atoms with Crippen LogP contribution in [0.1, 0.15) is 24.6 Å². The molecule has 1 aromatic rings. The van der Waals surface area contributed by atoms with Crippen LogP contribution in [-0.4, -0.2) is 28.3 Å². The van der Waals surface area contributed by atoms with Crippen LogP contribution in [0.25, 0.3) is 0 Å². The van der Waals surface area contributed by atoms with Crippen LogP contribution in [0, 0.1) is 0 Å².